The van der Waals surface area contributed by atoms with Gasteiger partial charge in [-0.25, -0.2) is 4.39 Å². The highest BCUT2D eigenvalue weighted by atomic mass is 19.1. The summed E-state index contributed by atoms with van der Waals surface area (Å²) in [6.45, 7) is 2.98. The maximum absolute atomic E-state index is 13.1. The van der Waals surface area contributed by atoms with E-state index in [1.165, 1.54) is 24.3 Å². The number of ether oxygens (including phenoxy) is 1. The second kappa shape index (κ2) is 8.00. The number of amides is 2. The highest BCUT2D eigenvalue weighted by Crippen LogP contribution is 2.35. The predicted octanol–water partition coefficient (Wildman–Crippen LogP) is 2.04. The van der Waals surface area contributed by atoms with Crippen LogP contribution in [0, 0.1) is 18.2 Å². The zero-order chi connectivity index (χ0) is 20.3. The molecule has 2 N–H and O–H groups in total. The molecule has 1 saturated heterocycles. The molecular formula is C20H25FN4O3. The summed E-state index contributed by atoms with van der Waals surface area (Å²) >= 11 is 0. The lowest BCUT2D eigenvalue weighted by atomic mass is 9.77. The molecule has 1 aliphatic rings. The molecule has 2 heterocycles. The summed E-state index contributed by atoms with van der Waals surface area (Å²) in [6, 6.07) is 5.71. The first-order chi connectivity index (χ1) is 13.3. The van der Waals surface area contributed by atoms with Crippen LogP contribution in [-0.4, -0.2) is 46.2 Å². The zero-order valence-corrected chi connectivity index (χ0v) is 16.2. The van der Waals surface area contributed by atoms with E-state index in [-0.39, 0.29) is 24.8 Å². The van der Waals surface area contributed by atoms with Crippen molar-refractivity contribution in [2.45, 2.75) is 26.2 Å². The van der Waals surface area contributed by atoms with Gasteiger partial charge in [0, 0.05) is 38.2 Å². The Kier molecular flexibility index (Phi) is 5.67. The minimum absolute atomic E-state index is 0.110. The highest BCUT2D eigenvalue weighted by Gasteiger charge is 2.40. The van der Waals surface area contributed by atoms with Crippen molar-refractivity contribution in [3.63, 3.8) is 0 Å². The van der Waals surface area contributed by atoms with Crippen molar-refractivity contribution in [3.05, 3.63) is 47.5 Å². The first kappa shape index (κ1) is 19.9. The molecule has 3 rings (SSSR count). The standard InChI is InChI=1S/C20H25FN4O3/c1-14-17(11-24(2)23-14)19(27)25-9-3-8-20(12-25,10-18(22)26)13-28-16-6-4-15(21)5-7-16/h4-7,11H,3,8-10,12-13H2,1-2H3,(H2,22,26). The molecule has 1 unspecified atom stereocenters. The summed E-state index contributed by atoms with van der Waals surface area (Å²) in [7, 11) is 1.77. The van der Waals surface area contributed by atoms with Crippen LogP contribution in [0.3, 0.4) is 0 Å². The van der Waals surface area contributed by atoms with Crippen LogP contribution in [0.5, 0.6) is 5.75 Å². The summed E-state index contributed by atoms with van der Waals surface area (Å²) in [4.78, 5) is 26.5. The fraction of sp³-hybridized carbons (Fsp3) is 0.450. The number of nitrogens with zero attached hydrogens (tertiary/aromatic N) is 3. The molecule has 28 heavy (non-hydrogen) atoms. The first-order valence-electron chi connectivity index (χ1n) is 9.24. The second-order valence-electron chi connectivity index (χ2n) is 7.52. The molecule has 0 saturated carbocycles. The van der Waals surface area contributed by atoms with Crippen molar-refractivity contribution in [2.75, 3.05) is 19.7 Å². The van der Waals surface area contributed by atoms with Crippen LogP contribution >= 0.6 is 0 Å². The van der Waals surface area contributed by atoms with Gasteiger partial charge in [0.25, 0.3) is 5.91 Å². The van der Waals surface area contributed by atoms with Gasteiger partial charge < -0.3 is 15.4 Å². The van der Waals surface area contributed by atoms with E-state index in [1.54, 1.807) is 29.7 Å². The molecule has 7 nitrogen and oxygen atoms in total. The van der Waals surface area contributed by atoms with Gasteiger partial charge in [-0.1, -0.05) is 0 Å². The minimum Gasteiger partial charge on any atom is -0.493 e. The Morgan fingerprint density at radius 1 is 1.32 bits per heavy atom. The molecule has 1 aliphatic heterocycles. The maximum atomic E-state index is 13.1. The lowest BCUT2D eigenvalue weighted by Crippen LogP contribution is -2.50. The smallest absolute Gasteiger partial charge is 0.257 e. The van der Waals surface area contributed by atoms with Crippen LogP contribution in [0.2, 0.25) is 0 Å². The van der Waals surface area contributed by atoms with E-state index in [1.807, 2.05) is 0 Å². The topological polar surface area (TPSA) is 90.4 Å². The van der Waals surface area contributed by atoms with Crippen molar-refractivity contribution in [1.82, 2.24) is 14.7 Å². The molecule has 2 amide bonds. The van der Waals surface area contributed by atoms with Crippen LogP contribution in [0.25, 0.3) is 0 Å². The van der Waals surface area contributed by atoms with Crippen LogP contribution in [0.1, 0.15) is 35.3 Å². The number of likely N-dealkylation sites (tertiary alicyclic amines) is 1. The van der Waals surface area contributed by atoms with Crippen LogP contribution < -0.4 is 10.5 Å². The lowest BCUT2D eigenvalue weighted by Gasteiger charge is -2.42. The molecule has 1 atom stereocenters. The first-order valence-corrected chi connectivity index (χ1v) is 9.24. The van der Waals surface area contributed by atoms with E-state index in [0.29, 0.717) is 36.5 Å². The number of aryl methyl sites for hydroxylation is 2. The lowest BCUT2D eigenvalue weighted by molar-refractivity contribution is -0.122. The molecule has 2 aromatic rings. The van der Waals surface area contributed by atoms with Crippen molar-refractivity contribution in [3.8, 4) is 5.75 Å². The second-order valence-corrected chi connectivity index (χ2v) is 7.52. The Balaban J connectivity index is 1.77. The number of benzene rings is 1. The number of hydrogen-bond donors (Lipinski definition) is 1. The van der Waals surface area contributed by atoms with Gasteiger partial charge in [-0.2, -0.15) is 5.10 Å². The number of primary amides is 1. The molecule has 0 radical (unpaired) electrons. The summed E-state index contributed by atoms with van der Waals surface area (Å²) in [6.07, 6.45) is 3.28. The van der Waals surface area contributed by atoms with Crippen LogP contribution in [-0.2, 0) is 11.8 Å². The number of aromatic nitrogens is 2. The van der Waals surface area contributed by atoms with Crippen molar-refractivity contribution in [1.29, 1.82) is 0 Å². The number of hydrogen-bond acceptors (Lipinski definition) is 4. The minimum atomic E-state index is -0.579. The average molecular weight is 388 g/mol. The van der Waals surface area contributed by atoms with E-state index in [4.69, 9.17) is 10.5 Å². The molecule has 0 spiro atoms. The fourth-order valence-corrected chi connectivity index (χ4v) is 3.81. The number of carbonyl (C=O) groups excluding carboxylic acids is 2. The van der Waals surface area contributed by atoms with E-state index in [0.717, 1.165) is 6.42 Å². The van der Waals surface area contributed by atoms with Gasteiger partial charge in [-0.05, 0) is 44.0 Å². The SMILES string of the molecule is Cc1nn(C)cc1C(=O)N1CCCC(COc2ccc(F)cc2)(CC(N)=O)C1. The summed E-state index contributed by atoms with van der Waals surface area (Å²) in [5.74, 6) is -0.382. The Morgan fingerprint density at radius 2 is 2.04 bits per heavy atom. The van der Waals surface area contributed by atoms with E-state index in [9.17, 15) is 14.0 Å². The Labute approximate surface area is 163 Å². The maximum Gasteiger partial charge on any atom is 0.257 e. The van der Waals surface area contributed by atoms with E-state index in [2.05, 4.69) is 5.10 Å². The van der Waals surface area contributed by atoms with Crippen molar-refractivity contribution in [2.24, 2.45) is 18.2 Å². The van der Waals surface area contributed by atoms with Gasteiger partial charge >= 0.3 is 0 Å². The van der Waals surface area contributed by atoms with Crippen LogP contribution in [0.4, 0.5) is 4.39 Å². The molecule has 0 bridgehead atoms. The van der Waals surface area contributed by atoms with E-state index < -0.39 is 11.3 Å². The average Bonchev–Trinajstić information content (AvgIpc) is 2.98. The van der Waals surface area contributed by atoms with Gasteiger partial charge in [0.1, 0.15) is 11.6 Å². The Bertz CT molecular complexity index is 865. The number of carbonyl (C=O) groups is 2. The molecular weight excluding hydrogens is 363 g/mol. The van der Waals surface area contributed by atoms with Gasteiger partial charge in [-0.3, -0.25) is 14.3 Å². The zero-order valence-electron chi connectivity index (χ0n) is 16.2. The normalized spacial score (nSPS) is 19.5. The van der Waals surface area contributed by atoms with Crippen molar-refractivity contribution < 1.29 is 18.7 Å². The molecule has 1 aromatic carbocycles. The molecule has 1 aromatic heterocycles. The monoisotopic (exact) mass is 388 g/mol. The largest absolute Gasteiger partial charge is 0.493 e. The fourth-order valence-electron chi connectivity index (χ4n) is 3.81. The Morgan fingerprint density at radius 3 is 2.64 bits per heavy atom. The highest BCUT2D eigenvalue weighted by molar-refractivity contribution is 5.95. The third-order valence-corrected chi connectivity index (χ3v) is 5.10. The van der Waals surface area contributed by atoms with Gasteiger partial charge in [0.05, 0.1) is 17.9 Å². The summed E-state index contributed by atoms with van der Waals surface area (Å²) < 4.78 is 20.5. The van der Waals surface area contributed by atoms with Gasteiger partial charge in [0.2, 0.25) is 5.91 Å². The van der Waals surface area contributed by atoms with E-state index >= 15 is 0 Å². The number of nitrogens with two attached hydrogens (primary N) is 1. The Hall–Kier alpha value is -2.90. The third kappa shape index (κ3) is 4.49. The third-order valence-electron chi connectivity index (χ3n) is 5.10. The van der Waals surface area contributed by atoms with Gasteiger partial charge in [0.15, 0.2) is 0 Å². The molecule has 150 valence electrons. The predicted molar refractivity (Wildman–Crippen MR) is 101 cm³/mol. The van der Waals surface area contributed by atoms with Gasteiger partial charge in [-0.15, -0.1) is 0 Å². The summed E-state index contributed by atoms with van der Waals surface area (Å²) in [5.41, 5.74) is 6.14. The molecule has 0 aliphatic carbocycles. The van der Waals surface area contributed by atoms with Crippen molar-refractivity contribution >= 4 is 11.8 Å². The number of rotatable bonds is 6. The quantitative estimate of drug-likeness (QED) is 0.820. The van der Waals surface area contributed by atoms with Crippen LogP contribution in [0.15, 0.2) is 30.5 Å². The molecule has 1 fully saturated rings. The molecule has 8 heteroatoms. The number of halogens is 1. The summed E-state index contributed by atoms with van der Waals surface area (Å²) in [5, 5.41) is 4.23. The number of piperidine rings is 1.